The number of likely N-dealkylation sites (N-methyl/N-ethyl adjacent to an activating group) is 1. The van der Waals surface area contributed by atoms with Gasteiger partial charge in [-0.05, 0) is 13.1 Å². The lowest BCUT2D eigenvalue weighted by Gasteiger charge is -2.36. The van der Waals surface area contributed by atoms with Gasteiger partial charge >= 0.3 is 0 Å². The molecule has 4 rings (SSSR count). The summed E-state index contributed by atoms with van der Waals surface area (Å²) in [6.07, 6.45) is 5.59. The van der Waals surface area contributed by atoms with Crippen LogP contribution in [0.1, 0.15) is 0 Å². The zero-order valence-electron chi connectivity index (χ0n) is 16.2. The summed E-state index contributed by atoms with van der Waals surface area (Å²) in [5.41, 5.74) is 3.73. The van der Waals surface area contributed by atoms with Crippen LogP contribution in [0.2, 0.25) is 0 Å². The van der Waals surface area contributed by atoms with Gasteiger partial charge in [0.1, 0.15) is 6.04 Å². The summed E-state index contributed by atoms with van der Waals surface area (Å²) in [4.78, 5) is 20.9. The number of hydrogen-bond acceptors (Lipinski definition) is 5. The smallest absolute Gasteiger partial charge is 0.244 e. The number of benzene rings is 1. The maximum Gasteiger partial charge on any atom is 0.244 e. The molecule has 0 spiro atoms. The van der Waals surface area contributed by atoms with Gasteiger partial charge in [0.2, 0.25) is 5.91 Å². The molecule has 3 heterocycles. The Morgan fingerprint density at radius 2 is 2.11 bits per heavy atom. The topological polar surface area (TPSA) is 89.3 Å². The number of H-pyrrole nitrogens is 2. The van der Waals surface area contributed by atoms with Gasteiger partial charge in [-0.2, -0.15) is 5.10 Å². The van der Waals surface area contributed by atoms with Crippen LogP contribution in [0.15, 0.2) is 36.8 Å². The maximum atomic E-state index is 13.1. The lowest BCUT2D eigenvalue weighted by atomic mass is 10.1. The molecule has 3 aromatic rings. The number of carbonyl (C=O) groups excluding carboxylic acids is 1. The van der Waals surface area contributed by atoms with E-state index in [1.54, 1.807) is 13.3 Å². The van der Waals surface area contributed by atoms with Crippen LogP contribution in [0.25, 0.3) is 22.0 Å². The summed E-state index contributed by atoms with van der Waals surface area (Å²) in [5.74, 6) is -0.0432. The van der Waals surface area contributed by atoms with Crippen LogP contribution in [-0.4, -0.2) is 83.9 Å². The van der Waals surface area contributed by atoms with Crippen molar-refractivity contribution >= 4 is 22.5 Å². The normalized spacial score (nSPS) is 17.1. The Bertz CT molecular complexity index is 927. The van der Waals surface area contributed by atoms with Gasteiger partial charge in [0, 0.05) is 62.2 Å². The van der Waals surface area contributed by atoms with Crippen molar-refractivity contribution in [3.63, 3.8) is 0 Å². The number of anilines is 1. The van der Waals surface area contributed by atoms with Gasteiger partial charge in [0.05, 0.1) is 24.0 Å². The predicted molar refractivity (Wildman–Crippen MR) is 109 cm³/mol. The molecule has 0 unspecified atom stereocenters. The molecule has 0 saturated carbocycles. The van der Waals surface area contributed by atoms with Gasteiger partial charge in [-0.25, -0.2) is 0 Å². The Labute approximate surface area is 163 Å². The number of aromatic amines is 2. The van der Waals surface area contributed by atoms with Gasteiger partial charge < -0.3 is 19.9 Å². The summed E-state index contributed by atoms with van der Waals surface area (Å²) in [6.45, 7) is 3.99. The van der Waals surface area contributed by atoms with E-state index in [1.165, 1.54) is 0 Å². The number of amides is 1. The number of piperazine rings is 1. The summed E-state index contributed by atoms with van der Waals surface area (Å²) in [5, 5.41) is 11.0. The quantitative estimate of drug-likeness (QED) is 0.605. The second kappa shape index (κ2) is 8.14. The average Bonchev–Trinajstić information content (AvgIpc) is 3.37. The van der Waals surface area contributed by atoms with E-state index in [0.717, 1.165) is 53.9 Å². The molecule has 1 aliphatic heterocycles. The fraction of sp³-hybridized carbons (Fsp3) is 0.400. The minimum atomic E-state index is -0.308. The first-order chi connectivity index (χ1) is 13.7. The molecule has 28 heavy (non-hydrogen) atoms. The van der Waals surface area contributed by atoms with Crippen LogP contribution >= 0.6 is 0 Å². The van der Waals surface area contributed by atoms with Gasteiger partial charge in [-0.15, -0.1) is 0 Å². The molecule has 8 heteroatoms. The lowest BCUT2D eigenvalue weighted by Crippen LogP contribution is -2.54. The molecule has 8 nitrogen and oxygen atoms in total. The second-order valence-electron chi connectivity index (χ2n) is 7.22. The number of hydrogen-bond donors (Lipinski definition) is 3. The molecule has 2 aromatic heterocycles. The Morgan fingerprint density at radius 3 is 2.82 bits per heavy atom. The molecule has 1 aromatic carbocycles. The Balaban J connectivity index is 1.57. The van der Waals surface area contributed by atoms with Crippen LogP contribution in [0.3, 0.4) is 0 Å². The molecule has 148 valence electrons. The van der Waals surface area contributed by atoms with Crippen LogP contribution in [0, 0.1) is 0 Å². The standard InChI is InChI=1S/C20H26N6O2/c1-25-6-8-26(9-7-25)18(13-28-2)20(27)24-17-5-3-4-15-16(12-21-19(15)17)14-10-22-23-11-14/h3-5,10-12,18,21H,6-9,13H2,1-2H3,(H,22,23)(H,24,27)/t18-/m1/s1. The van der Waals surface area contributed by atoms with E-state index in [1.807, 2.05) is 30.6 Å². The average molecular weight is 382 g/mol. The number of nitrogens with zero attached hydrogens (tertiary/aromatic N) is 3. The maximum absolute atomic E-state index is 13.1. The highest BCUT2D eigenvalue weighted by Gasteiger charge is 2.28. The Hall–Kier alpha value is -2.68. The molecular formula is C20H26N6O2. The van der Waals surface area contributed by atoms with E-state index in [0.29, 0.717) is 6.61 Å². The lowest BCUT2D eigenvalue weighted by molar-refractivity contribution is -0.124. The van der Waals surface area contributed by atoms with Gasteiger partial charge in [-0.3, -0.25) is 14.8 Å². The molecule has 1 atom stereocenters. The van der Waals surface area contributed by atoms with E-state index in [4.69, 9.17) is 4.74 Å². The molecule has 1 fully saturated rings. The van der Waals surface area contributed by atoms with E-state index in [9.17, 15) is 4.79 Å². The van der Waals surface area contributed by atoms with Gasteiger partial charge in [0.25, 0.3) is 0 Å². The Kier molecular flexibility index (Phi) is 5.43. The fourth-order valence-electron chi connectivity index (χ4n) is 3.75. The molecule has 3 N–H and O–H groups in total. The Morgan fingerprint density at radius 1 is 1.29 bits per heavy atom. The molecule has 1 aliphatic rings. The van der Waals surface area contributed by atoms with Crippen molar-refractivity contribution in [2.75, 3.05) is 52.3 Å². The van der Waals surface area contributed by atoms with Crippen molar-refractivity contribution in [2.24, 2.45) is 0 Å². The largest absolute Gasteiger partial charge is 0.383 e. The highest BCUT2D eigenvalue weighted by molar-refractivity contribution is 6.06. The summed E-state index contributed by atoms with van der Waals surface area (Å²) < 4.78 is 5.35. The van der Waals surface area contributed by atoms with Crippen molar-refractivity contribution in [1.29, 1.82) is 0 Å². The van der Waals surface area contributed by atoms with Crippen LogP contribution in [-0.2, 0) is 9.53 Å². The minimum Gasteiger partial charge on any atom is -0.383 e. The van der Waals surface area contributed by atoms with Crippen LogP contribution < -0.4 is 5.32 Å². The zero-order chi connectivity index (χ0) is 19.5. The van der Waals surface area contributed by atoms with E-state index in [2.05, 4.69) is 37.3 Å². The van der Waals surface area contributed by atoms with Gasteiger partial charge in [0.15, 0.2) is 0 Å². The molecule has 1 saturated heterocycles. The van der Waals surface area contributed by atoms with Crippen molar-refractivity contribution in [3.8, 4) is 11.1 Å². The molecule has 1 amide bonds. The third kappa shape index (κ3) is 3.66. The summed E-state index contributed by atoms with van der Waals surface area (Å²) >= 11 is 0. The van der Waals surface area contributed by atoms with E-state index >= 15 is 0 Å². The predicted octanol–water partition coefficient (Wildman–Crippen LogP) is 1.76. The van der Waals surface area contributed by atoms with Gasteiger partial charge in [-0.1, -0.05) is 12.1 Å². The van der Waals surface area contributed by atoms with Crippen molar-refractivity contribution < 1.29 is 9.53 Å². The number of rotatable bonds is 6. The van der Waals surface area contributed by atoms with Crippen LogP contribution in [0.5, 0.6) is 0 Å². The van der Waals surface area contributed by atoms with E-state index in [-0.39, 0.29) is 11.9 Å². The number of methoxy groups -OCH3 is 1. The number of nitrogens with one attached hydrogen (secondary N) is 3. The SMILES string of the molecule is COC[C@H](C(=O)Nc1cccc2c(-c3cn[nH]c3)c[nH]c12)N1CCN(C)CC1. The monoisotopic (exact) mass is 382 g/mol. The summed E-state index contributed by atoms with van der Waals surface area (Å²) in [6, 6.07) is 5.61. The minimum absolute atomic E-state index is 0.0432. The first-order valence-corrected chi connectivity index (χ1v) is 9.49. The van der Waals surface area contributed by atoms with Crippen molar-refractivity contribution in [3.05, 3.63) is 36.8 Å². The van der Waals surface area contributed by atoms with Crippen molar-refractivity contribution in [1.82, 2.24) is 25.0 Å². The molecule has 0 radical (unpaired) electrons. The highest BCUT2D eigenvalue weighted by Crippen LogP contribution is 2.32. The fourth-order valence-corrected chi connectivity index (χ4v) is 3.75. The second-order valence-corrected chi connectivity index (χ2v) is 7.22. The molecule has 0 aliphatic carbocycles. The van der Waals surface area contributed by atoms with Crippen LogP contribution in [0.4, 0.5) is 5.69 Å². The number of carbonyl (C=O) groups is 1. The first-order valence-electron chi connectivity index (χ1n) is 9.49. The number of para-hydroxylation sites is 1. The number of aromatic nitrogens is 3. The third-order valence-electron chi connectivity index (χ3n) is 5.39. The molecule has 0 bridgehead atoms. The number of fused-ring (bicyclic) bond motifs is 1. The third-order valence-corrected chi connectivity index (χ3v) is 5.39. The molecular weight excluding hydrogens is 356 g/mol. The first kappa shape index (κ1) is 18.7. The van der Waals surface area contributed by atoms with E-state index < -0.39 is 0 Å². The number of ether oxygens (including phenoxy) is 1. The zero-order valence-corrected chi connectivity index (χ0v) is 16.2. The highest BCUT2D eigenvalue weighted by atomic mass is 16.5. The van der Waals surface area contributed by atoms with Crippen molar-refractivity contribution in [2.45, 2.75) is 6.04 Å². The summed E-state index contributed by atoms with van der Waals surface area (Å²) in [7, 11) is 3.74.